The molecule has 0 aromatic carbocycles. The lowest BCUT2D eigenvalue weighted by molar-refractivity contribution is -0.117. The number of nitrogens with zero attached hydrogens (tertiary/aromatic N) is 1. The monoisotopic (exact) mass is 199 g/mol. The zero-order valence-corrected chi connectivity index (χ0v) is 8.62. The summed E-state index contributed by atoms with van der Waals surface area (Å²) in [5.41, 5.74) is 4.82. The summed E-state index contributed by atoms with van der Waals surface area (Å²) >= 11 is 0. The molecule has 0 atom stereocenters. The molecule has 0 spiro atoms. The highest BCUT2D eigenvalue weighted by Crippen LogP contribution is 1.81. The summed E-state index contributed by atoms with van der Waals surface area (Å²) in [4.78, 5) is 23.3. The van der Waals surface area contributed by atoms with Crippen LogP contribution in [0.2, 0.25) is 0 Å². The minimum absolute atomic E-state index is 0.289. The third kappa shape index (κ3) is 8.73. The van der Waals surface area contributed by atoms with Crippen LogP contribution < -0.4 is 11.1 Å². The molecule has 0 saturated carbocycles. The normalized spacial score (nSPS) is 10.8. The molecule has 0 aromatic rings. The van der Waals surface area contributed by atoms with E-state index in [2.05, 4.69) is 5.32 Å². The highest BCUT2D eigenvalue weighted by atomic mass is 16.2. The Balaban J connectivity index is 3.50. The van der Waals surface area contributed by atoms with E-state index in [0.29, 0.717) is 6.54 Å². The van der Waals surface area contributed by atoms with Gasteiger partial charge in [-0.15, -0.1) is 0 Å². The summed E-state index contributed by atoms with van der Waals surface area (Å²) in [6, 6.07) is 0. The summed E-state index contributed by atoms with van der Waals surface area (Å²) in [7, 11) is 3.93. The van der Waals surface area contributed by atoms with Crippen molar-refractivity contribution in [1.82, 2.24) is 10.2 Å². The van der Waals surface area contributed by atoms with Crippen molar-refractivity contribution in [2.45, 2.75) is 6.42 Å². The topological polar surface area (TPSA) is 75.4 Å². The Kier molecular flexibility index (Phi) is 6.39. The van der Waals surface area contributed by atoms with E-state index >= 15 is 0 Å². The smallest absolute Gasteiger partial charge is 0.244 e. The van der Waals surface area contributed by atoms with Crippen molar-refractivity contribution in [3.8, 4) is 0 Å². The lowest BCUT2D eigenvalue weighted by Crippen LogP contribution is -2.25. The van der Waals surface area contributed by atoms with Gasteiger partial charge < -0.3 is 16.0 Å². The molecule has 80 valence electrons. The van der Waals surface area contributed by atoms with E-state index in [0.717, 1.165) is 25.1 Å². The molecule has 0 aliphatic carbocycles. The Labute approximate surface area is 83.9 Å². The number of hydrogen-bond donors (Lipinski definition) is 2. The first-order valence-corrected chi connectivity index (χ1v) is 4.42. The SMILES string of the molecule is CN(C)CCCNC(=O)/C=C/C(N)=O. The zero-order chi connectivity index (χ0) is 11.0. The van der Waals surface area contributed by atoms with Gasteiger partial charge in [0, 0.05) is 18.7 Å². The number of primary amides is 1. The van der Waals surface area contributed by atoms with Gasteiger partial charge in [-0.3, -0.25) is 9.59 Å². The molecule has 5 nitrogen and oxygen atoms in total. The van der Waals surface area contributed by atoms with Crippen molar-refractivity contribution in [3.63, 3.8) is 0 Å². The highest BCUT2D eigenvalue weighted by molar-refractivity contribution is 5.95. The van der Waals surface area contributed by atoms with Gasteiger partial charge in [0.2, 0.25) is 11.8 Å². The van der Waals surface area contributed by atoms with Crippen LogP contribution in [0.15, 0.2) is 12.2 Å². The van der Waals surface area contributed by atoms with E-state index in [4.69, 9.17) is 5.73 Å². The van der Waals surface area contributed by atoms with Gasteiger partial charge in [0.25, 0.3) is 0 Å². The summed E-state index contributed by atoms with van der Waals surface area (Å²) in [6.07, 6.45) is 3.06. The van der Waals surface area contributed by atoms with Gasteiger partial charge in [-0.25, -0.2) is 0 Å². The van der Waals surface area contributed by atoms with E-state index in [1.54, 1.807) is 0 Å². The molecule has 0 saturated heterocycles. The Morgan fingerprint density at radius 3 is 2.50 bits per heavy atom. The first-order chi connectivity index (χ1) is 6.52. The third-order valence-electron chi connectivity index (χ3n) is 1.48. The van der Waals surface area contributed by atoms with Gasteiger partial charge in [0.05, 0.1) is 0 Å². The van der Waals surface area contributed by atoms with E-state index < -0.39 is 5.91 Å². The largest absolute Gasteiger partial charge is 0.366 e. The number of carbonyl (C=O) groups excluding carboxylic acids is 2. The average Bonchev–Trinajstić information content (AvgIpc) is 2.08. The fourth-order valence-electron chi connectivity index (χ4n) is 0.824. The number of nitrogens with one attached hydrogen (secondary N) is 1. The van der Waals surface area contributed by atoms with Crippen LogP contribution in [0.3, 0.4) is 0 Å². The first kappa shape index (κ1) is 12.6. The summed E-state index contributed by atoms with van der Waals surface area (Å²) < 4.78 is 0. The van der Waals surface area contributed by atoms with Crippen LogP contribution >= 0.6 is 0 Å². The first-order valence-electron chi connectivity index (χ1n) is 4.42. The third-order valence-corrected chi connectivity index (χ3v) is 1.48. The predicted molar refractivity (Wildman–Crippen MR) is 54.5 cm³/mol. The second kappa shape index (κ2) is 7.08. The molecule has 2 amide bonds. The van der Waals surface area contributed by atoms with Gasteiger partial charge in [-0.1, -0.05) is 0 Å². The molecule has 0 aliphatic heterocycles. The van der Waals surface area contributed by atoms with Crippen LogP contribution in [-0.2, 0) is 9.59 Å². The number of nitrogens with two attached hydrogens (primary N) is 1. The molecule has 0 bridgehead atoms. The van der Waals surface area contributed by atoms with E-state index in [-0.39, 0.29) is 5.91 Å². The quantitative estimate of drug-likeness (QED) is 0.430. The minimum atomic E-state index is -0.617. The van der Waals surface area contributed by atoms with E-state index in [1.165, 1.54) is 0 Å². The Bertz CT molecular complexity index is 224. The fraction of sp³-hybridized carbons (Fsp3) is 0.556. The number of carbonyl (C=O) groups is 2. The maximum Gasteiger partial charge on any atom is 0.244 e. The number of rotatable bonds is 6. The van der Waals surface area contributed by atoms with Crippen LogP contribution in [0, 0.1) is 0 Å². The molecule has 0 heterocycles. The summed E-state index contributed by atoms with van der Waals surface area (Å²) in [5.74, 6) is -0.906. The second-order valence-corrected chi connectivity index (χ2v) is 3.18. The van der Waals surface area contributed by atoms with Gasteiger partial charge in [-0.2, -0.15) is 0 Å². The predicted octanol–water partition coefficient (Wildman–Crippen LogP) is -0.904. The number of hydrogen-bond acceptors (Lipinski definition) is 3. The molecule has 5 heteroatoms. The van der Waals surface area contributed by atoms with Crippen molar-refractivity contribution >= 4 is 11.8 Å². The maximum absolute atomic E-state index is 11.0. The van der Waals surface area contributed by atoms with Crippen LogP contribution in [-0.4, -0.2) is 43.9 Å². The molecule has 0 aliphatic rings. The van der Waals surface area contributed by atoms with Crippen LogP contribution in [0.1, 0.15) is 6.42 Å². The second-order valence-electron chi connectivity index (χ2n) is 3.18. The Hall–Kier alpha value is -1.36. The van der Waals surface area contributed by atoms with Crippen molar-refractivity contribution in [2.24, 2.45) is 5.73 Å². The molecule has 0 unspecified atom stereocenters. The number of amides is 2. The van der Waals surface area contributed by atoms with Crippen LogP contribution in [0.4, 0.5) is 0 Å². The fourth-order valence-corrected chi connectivity index (χ4v) is 0.824. The van der Waals surface area contributed by atoms with Crippen molar-refractivity contribution < 1.29 is 9.59 Å². The van der Waals surface area contributed by atoms with E-state index in [9.17, 15) is 9.59 Å². The maximum atomic E-state index is 11.0. The molecular formula is C9H17N3O2. The molecule has 0 radical (unpaired) electrons. The lowest BCUT2D eigenvalue weighted by atomic mass is 10.4. The molecular weight excluding hydrogens is 182 g/mol. The zero-order valence-electron chi connectivity index (χ0n) is 8.62. The van der Waals surface area contributed by atoms with E-state index in [1.807, 2.05) is 19.0 Å². The van der Waals surface area contributed by atoms with Gasteiger partial charge >= 0.3 is 0 Å². The molecule has 0 fully saturated rings. The Morgan fingerprint density at radius 1 is 1.36 bits per heavy atom. The van der Waals surface area contributed by atoms with Gasteiger partial charge in [-0.05, 0) is 27.1 Å². The highest BCUT2D eigenvalue weighted by Gasteiger charge is 1.95. The lowest BCUT2D eigenvalue weighted by Gasteiger charge is -2.08. The van der Waals surface area contributed by atoms with Crippen molar-refractivity contribution in [1.29, 1.82) is 0 Å². The Morgan fingerprint density at radius 2 is 2.00 bits per heavy atom. The standard InChI is InChI=1S/C9H17N3O2/c1-12(2)7-3-6-11-9(14)5-4-8(10)13/h4-5H,3,6-7H2,1-2H3,(H2,10,13)(H,11,14)/b5-4+. The van der Waals surface area contributed by atoms with Crippen molar-refractivity contribution in [3.05, 3.63) is 12.2 Å². The molecule has 0 rings (SSSR count). The summed E-state index contributed by atoms with van der Waals surface area (Å²) in [6.45, 7) is 1.51. The van der Waals surface area contributed by atoms with Crippen molar-refractivity contribution in [2.75, 3.05) is 27.2 Å². The van der Waals surface area contributed by atoms with Crippen LogP contribution in [0.5, 0.6) is 0 Å². The average molecular weight is 199 g/mol. The molecule has 14 heavy (non-hydrogen) atoms. The summed E-state index contributed by atoms with van der Waals surface area (Å²) in [5, 5.41) is 2.63. The minimum Gasteiger partial charge on any atom is -0.366 e. The van der Waals surface area contributed by atoms with Crippen LogP contribution in [0.25, 0.3) is 0 Å². The van der Waals surface area contributed by atoms with Gasteiger partial charge in [0.15, 0.2) is 0 Å². The molecule has 0 aromatic heterocycles. The molecule has 3 N–H and O–H groups in total. The van der Waals surface area contributed by atoms with Gasteiger partial charge in [0.1, 0.15) is 0 Å².